The van der Waals surface area contributed by atoms with Crippen LogP contribution < -0.4 is 0 Å². The van der Waals surface area contributed by atoms with Gasteiger partial charge < -0.3 is 19.4 Å². The van der Waals surface area contributed by atoms with E-state index in [9.17, 15) is 19.5 Å². The number of hydrogen-bond donors (Lipinski definition) is 1. The Kier molecular flexibility index (Phi) is 5.68. The van der Waals surface area contributed by atoms with Gasteiger partial charge in [-0.05, 0) is 31.3 Å². The van der Waals surface area contributed by atoms with Crippen molar-refractivity contribution in [3.8, 4) is 0 Å². The number of carbonyl (C=O) groups excluding carboxylic acids is 3. The molecule has 3 aliphatic rings. The lowest BCUT2D eigenvalue weighted by atomic mass is 9.46. The third-order valence-electron chi connectivity index (χ3n) is 6.52. The molecule has 156 valence electrons. The maximum absolute atomic E-state index is 12.5. The molecular formula is C23H28O6. The SMILES string of the molecule is CC=CC=CC=CC(=O)OC1C=C2COC(=O)C2(O)C2(C=O)CCCC(C)(C)C12. The summed E-state index contributed by atoms with van der Waals surface area (Å²) in [7, 11) is 0. The minimum absolute atomic E-state index is 0.103. The Hall–Kier alpha value is -2.47. The summed E-state index contributed by atoms with van der Waals surface area (Å²) in [6.07, 6.45) is 13.5. The monoisotopic (exact) mass is 400 g/mol. The summed E-state index contributed by atoms with van der Waals surface area (Å²) in [5.74, 6) is -1.89. The van der Waals surface area contributed by atoms with Gasteiger partial charge >= 0.3 is 11.9 Å². The van der Waals surface area contributed by atoms with Crippen molar-refractivity contribution in [1.29, 1.82) is 0 Å². The quantitative estimate of drug-likeness (QED) is 0.251. The first-order valence-corrected chi connectivity index (χ1v) is 9.96. The molecule has 1 heterocycles. The molecule has 0 radical (unpaired) electrons. The van der Waals surface area contributed by atoms with Crippen LogP contribution in [0.2, 0.25) is 0 Å². The molecule has 29 heavy (non-hydrogen) atoms. The van der Waals surface area contributed by atoms with Crippen LogP contribution in [0.25, 0.3) is 0 Å². The number of cyclic esters (lactones) is 1. The number of hydrogen-bond acceptors (Lipinski definition) is 6. The predicted molar refractivity (Wildman–Crippen MR) is 107 cm³/mol. The average molecular weight is 400 g/mol. The summed E-state index contributed by atoms with van der Waals surface area (Å²) in [5.41, 5.74) is -3.50. The summed E-state index contributed by atoms with van der Waals surface area (Å²) in [5, 5.41) is 11.4. The maximum atomic E-state index is 12.5. The Morgan fingerprint density at radius 3 is 2.66 bits per heavy atom. The molecule has 1 saturated heterocycles. The molecule has 0 aromatic rings. The molecule has 2 fully saturated rings. The highest BCUT2D eigenvalue weighted by atomic mass is 16.6. The van der Waals surface area contributed by atoms with Crippen molar-refractivity contribution in [3.63, 3.8) is 0 Å². The lowest BCUT2D eigenvalue weighted by molar-refractivity contribution is -0.196. The smallest absolute Gasteiger partial charge is 0.344 e. The highest BCUT2D eigenvalue weighted by Gasteiger charge is 2.71. The second-order valence-corrected chi connectivity index (χ2v) is 8.63. The van der Waals surface area contributed by atoms with E-state index in [4.69, 9.17) is 9.47 Å². The molecule has 6 heteroatoms. The molecule has 1 N–H and O–H groups in total. The van der Waals surface area contributed by atoms with Gasteiger partial charge in [-0.25, -0.2) is 9.59 Å². The van der Waals surface area contributed by atoms with E-state index in [1.807, 2.05) is 32.9 Å². The highest BCUT2D eigenvalue weighted by molar-refractivity contribution is 5.93. The average Bonchev–Trinajstić information content (AvgIpc) is 2.96. The maximum Gasteiger partial charge on any atom is 0.344 e. The van der Waals surface area contributed by atoms with E-state index in [0.29, 0.717) is 24.7 Å². The van der Waals surface area contributed by atoms with Gasteiger partial charge in [0.05, 0.1) is 5.41 Å². The van der Waals surface area contributed by atoms with Gasteiger partial charge in [-0.2, -0.15) is 0 Å². The van der Waals surface area contributed by atoms with Crippen molar-refractivity contribution in [2.24, 2.45) is 16.7 Å². The molecular weight excluding hydrogens is 372 g/mol. The number of ether oxygens (including phenoxy) is 2. The predicted octanol–water partition coefficient (Wildman–Crippen LogP) is 2.83. The Labute approximate surface area is 170 Å². The van der Waals surface area contributed by atoms with E-state index in [1.54, 1.807) is 24.3 Å². The van der Waals surface area contributed by atoms with Crippen LogP contribution in [0.4, 0.5) is 0 Å². The topological polar surface area (TPSA) is 89.9 Å². The van der Waals surface area contributed by atoms with Gasteiger partial charge in [0, 0.05) is 17.6 Å². The molecule has 0 amide bonds. The van der Waals surface area contributed by atoms with Gasteiger partial charge in [0.1, 0.15) is 19.0 Å². The highest BCUT2D eigenvalue weighted by Crippen LogP contribution is 2.62. The van der Waals surface area contributed by atoms with Crippen LogP contribution in [0.3, 0.4) is 0 Å². The van der Waals surface area contributed by atoms with Crippen LogP contribution in [-0.4, -0.2) is 41.6 Å². The van der Waals surface area contributed by atoms with Crippen molar-refractivity contribution in [2.45, 2.75) is 51.7 Å². The van der Waals surface area contributed by atoms with E-state index >= 15 is 0 Å². The molecule has 1 aliphatic heterocycles. The zero-order chi connectivity index (χ0) is 21.3. The standard InChI is InChI=1S/C23H28O6/c1-4-5-6-7-8-10-18(25)29-17-13-16-14-28-20(26)23(16,27)22(15-24)12-9-11-21(2,3)19(17)22/h4-8,10,13,15,17,19,27H,9,11-12,14H2,1-3H3. The molecule has 3 rings (SSSR count). The number of esters is 2. The van der Waals surface area contributed by atoms with E-state index in [0.717, 1.165) is 6.42 Å². The van der Waals surface area contributed by atoms with Gasteiger partial charge in [-0.1, -0.05) is 50.6 Å². The van der Waals surface area contributed by atoms with Gasteiger partial charge in [-0.3, -0.25) is 0 Å². The Balaban J connectivity index is 1.99. The number of fused-ring (bicyclic) bond motifs is 3. The van der Waals surface area contributed by atoms with Crippen LogP contribution in [0, 0.1) is 16.7 Å². The molecule has 0 aromatic heterocycles. The number of rotatable bonds is 5. The summed E-state index contributed by atoms with van der Waals surface area (Å²) >= 11 is 0. The van der Waals surface area contributed by atoms with Crippen molar-refractivity contribution in [2.75, 3.05) is 6.61 Å². The number of aldehydes is 1. The largest absolute Gasteiger partial charge is 0.459 e. The fourth-order valence-electron chi connectivity index (χ4n) is 5.29. The Bertz CT molecular complexity index is 817. The van der Waals surface area contributed by atoms with Gasteiger partial charge in [-0.15, -0.1) is 0 Å². The van der Waals surface area contributed by atoms with Crippen molar-refractivity contribution in [3.05, 3.63) is 48.1 Å². The van der Waals surface area contributed by atoms with E-state index in [-0.39, 0.29) is 6.61 Å². The fourth-order valence-corrected chi connectivity index (χ4v) is 5.29. The zero-order valence-electron chi connectivity index (χ0n) is 17.1. The third-order valence-corrected chi connectivity index (χ3v) is 6.52. The van der Waals surface area contributed by atoms with Gasteiger partial charge in [0.25, 0.3) is 0 Å². The zero-order valence-corrected chi connectivity index (χ0v) is 17.1. The minimum Gasteiger partial charge on any atom is -0.459 e. The summed E-state index contributed by atoms with van der Waals surface area (Å²) in [4.78, 5) is 37.4. The summed E-state index contributed by atoms with van der Waals surface area (Å²) in [6, 6.07) is 0. The van der Waals surface area contributed by atoms with E-state index in [2.05, 4.69) is 0 Å². The number of aliphatic hydroxyl groups is 1. The molecule has 4 atom stereocenters. The van der Waals surface area contributed by atoms with Crippen molar-refractivity contribution < 1.29 is 29.0 Å². The van der Waals surface area contributed by atoms with Crippen LogP contribution in [0.1, 0.15) is 40.0 Å². The normalized spacial score (nSPS) is 36.0. The van der Waals surface area contributed by atoms with Crippen LogP contribution in [0.15, 0.2) is 48.1 Å². The second kappa shape index (κ2) is 7.75. The van der Waals surface area contributed by atoms with Crippen molar-refractivity contribution in [1.82, 2.24) is 0 Å². The summed E-state index contributed by atoms with van der Waals surface area (Å²) < 4.78 is 10.8. The summed E-state index contributed by atoms with van der Waals surface area (Å²) in [6.45, 7) is 5.75. The minimum atomic E-state index is -1.99. The van der Waals surface area contributed by atoms with E-state index < -0.39 is 40.4 Å². The molecule has 2 aliphatic carbocycles. The first kappa shape index (κ1) is 21.2. The lowest BCUT2D eigenvalue weighted by Gasteiger charge is -2.57. The molecule has 0 aromatic carbocycles. The number of allylic oxidation sites excluding steroid dienone is 5. The van der Waals surface area contributed by atoms with Gasteiger partial charge in [0.15, 0.2) is 5.60 Å². The first-order valence-electron chi connectivity index (χ1n) is 9.96. The molecule has 6 nitrogen and oxygen atoms in total. The lowest BCUT2D eigenvalue weighted by Crippen LogP contribution is -2.67. The molecule has 1 saturated carbocycles. The third kappa shape index (κ3) is 3.29. The van der Waals surface area contributed by atoms with Crippen LogP contribution in [-0.2, 0) is 23.9 Å². The number of carbonyl (C=O) groups is 3. The van der Waals surface area contributed by atoms with Crippen LogP contribution >= 0.6 is 0 Å². The van der Waals surface area contributed by atoms with Crippen molar-refractivity contribution >= 4 is 18.2 Å². The molecule has 0 bridgehead atoms. The van der Waals surface area contributed by atoms with Crippen LogP contribution in [0.5, 0.6) is 0 Å². The first-order chi connectivity index (χ1) is 13.7. The van der Waals surface area contributed by atoms with Gasteiger partial charge in [0.2, 0.25) is 0 Å². The Morgan fingerprint density at radius 2 is 1.97 bits per heavy atom. The Morgan fingerprint density at radius 1 is 1.24 bits per heavy atom. The fraction of sp³-hybridized carbons (Fsp3) is 0.522. The molecule has 4 unspecified atom stereocenters. The molecule has 0 spiro atoms. The second-order valence-electron chi connectivity index (χ2n) is 8.63. The van der Waals surface area contributed by atoms with E-state index in [1.165, 1.54) is 6.08 Å².